The fourth-order valence-corrected chi connectivity index (χ4v) is 2.41. The van der Waals surface area contributed by atoms with Crippen molar-refractivity contribution >= 4 is 23.5 Å². The second kappa shape index (κ2) is 9.32. The molecule has 1 amide bonds. The van der Waals surface area contributed by atoms with E-state index in [1.54, 1.807) is 6.92 Å². The zero-order valence-corrected chi connectivity index (χ0v) is 16.6. The maximum atomic E-state index is 14.3. The van der Waals surface area contributed by atoms with Crippen molar-refractivity contribution in [2.24, 2.45) is 7.05 Å². The van der Waals surface area contributed by atoms with Gasteiger partial charge in [-0.1, -0.05) is 11.6 Å². The molecule has 10 nitrogen and oxygen atoms in total. The molecule has 0 radical (unpaired) electrons. The Morgan fingerprint density at radius 1 is 1.31 bits per heavy atom. The Labute approximate surface area is 168 Å². The fourth-order valence-electron chi connectivity index (χ4n) is 2.22. The number of carbonyl (C=O) groups is 2. The fraction of sp³-hybridized carbons (Fsp3) is 0.353. The zero-order valence-electron chi connectivity index (χ0n) is 15.8. The van der Waals surface area contributed by atoms with Crippen molar-refractivity contribution < 1.29 is 23.5 Å². The van der Waals surface area contributed by atoms with Gasteiger partial charge in [0.15, 0.2) is 18.2 Å². The predicted octanol–water partition coefficient (Wildman–Crippen LogP) is 0.0902. The molecule has 0 saturated heterocycles. The molecule has 2 heterocycles. The van der Waals surface area contributed by atoms with Crippen LogP contribution in [0.25, 0.3) is 5.82 Å². The van der Waals surface area contributed by atoms with Gasteiger partial charge in [-0.2, -0.15) is 4.98 Å². The number of nitrogens with zero attached hydrogens (tertiary/aromatic N) is 3. The van der Waals surface area contributed by atoms with Crippen LogP contribution in [0.3, 0.4) is 0 Å². The molecule has 2 rings (SSSR count). The van der Waals surface area contributed by atoms with Crippen LogP contribution in [0.2, 0.25) is 5.02 Å². The first-order valence-electron chi connectivity index (χ1n) is 8.28. The van der Waals surface area contributed by atoms with Gasteiger partial charge in [-0.15, -0.1) is 0 Å². The largest absolute Gasteiger partial charge is 0.469 e. The first-order chi connectivity index (χ1) is 13.6. The number of halogens is 2. The van der Waals surface area contributed by atoms with Crippen LogP contribution in [-0.2, 0) is 21.4 Å². The zero-order chi connectivity index (χ0) is 21.7. The highest BCUT2D eigenvalue weighted by Crippen LogP contribution is 2.25. The van der Waals surface area contributed by atoms with E-state index in [1.165, 1.54) is 14.2 Å². The maximum absolute atomic E-state index is 14.3. The molecule has 2 aromatic heterocycles. The van der Waals surface area contributed by atoms with Crippen LogP contribution < -0.4 is 21.3 Å². The van der Waals surface area contributed by atoms with Crippen LogP contribution >= 0.6 is 11.6 Å². The van der Waals surface area contributed by atoms with Gasteiger partial charge in [0.05, 0.1) is 13.5 Å². The van der Waals surface area contributed by atoms with E-state index in [0.717, 1.165) is 16.7 Å². The quantitative estimate of drug-likeness (QED) is 0.620. The number of hydrogen-bond donors (Lipinski definition) is 1. The number of rotatable bonds is 7. The number of carbonyl (C=O) groups excluding carboxylic acids is 2. The van der Waals surface area contributed by atoms with E-state index in [4.69, 9.17) is 16.3 Å². The smallest absolute Gasteiger partial charge is 0.336 e. The third-order valence-electron chi connectivity index (χ3n) is 3.87. The molecule has 0 atom stereocenters. The summed E-state index contributed by atoms with van der Waals surface area (Å²) >= 11 is 5.88. The lowest BCUT2D eigenvalue weighted by Crippen LogP contribution is -2.39. The Hall–Kier alpha value is -3.21. The summed E-state index contributed by atoms with van der Waals surface area (Å²) in [5.41, 5.74) is -1.22. The highest BCUT2D eigenvalue weighted by atomic mass is 35.5. The summed E-state index contributed by atoms with van der Waals surface area (Å²) < 4.78 is 25.6. The summed E-state index contributed by atoms with van der Waals surface area (Å²) in [4.78, 5) is 51.1. The number of amides is 1. The molecular formula is C17H18ClFN4O6. The first kappa shape index (κ1) is 22.1. The van der Waals surface area contributed by atoms with Gasteiger partial charge in [-0.05, 0) is 6.92 Å². The second-order valence-electron chi connectivity index (χ2n) is 5.85. The number of hydrogen-bond acceptors (Lipinski definition) is 7. The highest BCUT2D eigenvalue weighted by molar-refractivity contribution is 6.31. The standard InChI is InChI=1S/C17H18ClFN4O6/c1-9-6-13(25)23(17(27)22(9)2)15-11(19)7-10(18)16(21-15)29-8-12(24)20-5-4-14(26)28-3/h6-7H,4-5,8H2,1-3H3,(H,20,24). The van der Waals surface area contributed by atoms with Crippen molar-refractivity contribution in [3.63, 3.8) is 0 Å². The van der Waals surface area contributed by atoms with Crippen LogP contribution in [0.15, 0.2) is 21.7 Å². The summed E-state index contributed by atoms with van der Waals surface area (Å²) in [6, 6.07) is 1.96. The molecule has 0 aromatic carbocycles. The summed E-state index contributed by atoms with van der Waals surface area (Å²) in [5.74, 6) is -3.07. The Bertz CT molecular complexity index is 1070. The van der Waals surface area contributed by atoms with Crippen molar-refractivity contribution in [1.82, 2.24) is 19.4 Å². The van der Waals surface area contributed by atoms with Gasteiger partial charge in [0, 0.05) is 31.4 Å². The molecule has 0 spiro atoms. The number of nitrogens with one attached hydrogen (secondary N) is 1. The molecule has 0 aliphatic rings. The van der Waals surface area contributed by atoms with E-state index in [1.807, 2.05) is 0 Å². The van der Waals surface area contributed by atoms with E-state index >= 15 is 0 Å². The number of methoxy groups -OCH3 is 1. The third-order valence-corrected chi connectivity index (χ3v) is 4.14. The average molecular weight is 429 g/mol. The molecule has 0 fully saturated rings. The average Bonchev–Trinajstić information content (AvgIpc) is 2.66. The molecule has 0 saturated carbocycles. The molecule has 2 aromatic rings. The molecule has 0 aliphatic heterocycles. The van der Waals surface area contributed by atoms with Crippen molar-refractivity contribution in [2.75, 3.05) is 20.3 Å². The van der Waals surface area contributed by atoms with Crippen LogP contribution in [0.4, 0.5) is 4.39 Å². The van der Waals surface area contributed by atoms with E-state index in [-0.39, 0.29) is 23.9 Å². The predicted molar refractivity (Wildman–Crippen MR) is 99.9 cm³/mol. The number of esters is 1. The normalized spacial score (nSPS) is 10.5. The van der Waals surface area contributed by atoms with Gasteiger partial charge in [-0.25, -0.2) is 13.8 Å². The maximum Gasteiger partial charge on any atom is 0.336 e. The number of aryl methyl sites for hydroxylation is 1. The minimum atomic E-state index is -1.02. The van der Waals surface area contributed by atoms with Gasteiger partial charge in [0.1, 0.15) is 5.02 Å². The number of pyridine rings is 1. The van der Waals surface area contributed by atoms with Crippen molar-refractivity contribution in [2.45, 2.75) is 13.3 Å². The van der Waals surface area contributed by atoms with Gasteiger partial charge in [-0.3, -0.25) is 14.4 Å². The summed E-state index contributed by atoms with van der Waals surface area (Å²) in [6.07, 6.45) is -0.0262. The Balaban J connectivity index is 2.24. The summed E-state index contributed by atoms with van der Waals surface area (Å²) in [7, 11) is 2.64. The molecule has 0 unspecified atom stereocenters. The minimum absolute atomic E-state index is 0.0262. The molecule has 0 bridgehead atoms. The summed E-state index contributed by atoms with van der Waals surface area (Å²) in [5, 5.41) is 2.15. The number of aromatic nitrogens is 3. The molecule has 0 aliphatic carbocycles. The summed E-state index contributed by atoms with van der Waals surface area (Å²) in [6.45, 7) is 1.03. The Morgan fingerprint density at radius 2 is 2.00 bits per heavy atom. The van der Waals surface area contributed by atoms with Crippen LogP contribution in [0, 0.1) is 12.7 Å². The van der Waals surface area contributed by atoms with Gasteiger partial charge < -0.3 is 19.4 Å². The van der Waals surface area contributed by atoms with Crippen molar-refractivity contribution in [3.8, 4) is 11.7 Å². The third kappa shape index (κ3) is 5.19. The highest BCUT2D eigenvalue weighted by Gasteiger charge is 2.18. The lowest BCUT2D eigenvalue weighted by atomic mass is 10.4. The second-order valence-corrected chi connectivity index (χ2v) is 6.25. The first-order valence-corrected chi connectivity index (χ1v) is 8.66. The van der Waals surface area contributed by atoms with E-state index in [9.17, 15) is 23.6 Å². The Morgan fingerprint density at radius 3 is 2.66 bits per heavy atom. The van der Waals surface area contributed by atoms with E-state index in [2.05, 4.69) is 15.0 Å². The minimum Gasteiger partial charge on any atom is -0.469 e. The molecule has 12 heteroatoms. The van der Waals surface area contributed by atoms with Gasteiger partial charge >= 0.3 is 11.7 Å². The molecule has 29 heavy (non-hydrogen) atoms. The molecule has 1 N–H and O–H groups in total. The van der Waals surface area contributed by atoms with Gasteiger partial charge in [0.25, 0.3) is 11.5 Å². The monoisotopic (exact) mass is 428 g/mol. The lowest BCUT2D eigenvalue weighted by molar-refractivity contribution is -0.140. The molecule has 156 valence electrons. The van der Waals surface area contributed by atoms with Crippen LogP contribution in [0.1, 0.15) is 12.1 Å². The van der Waals surface area contributed by atoms with Crippen molar-refractivity contribution in [3.05, 3.63) is 49.5 Å². The van der Waals surface area contributed by atoms with Crippen LogP contribution in [-0.4, -0.2) is 46.3 Å². The SMILES string of the molecule is COC(=O)CCNC(=O)COc1nc(-n2c(=O)cc(C)n(C)c2=O)c(F)cc1Cl. The Kier molecular flexibility index (Phi) is 7.10. The van der Waals surface area contributed by atoms with E-state index in [0.29, 0.717) is 10.3 Å². The lowest BCUT2D eigenvalue weighted by Gasteiger charge is -2.12. The van der Waals surface area contributed by atoms with Gasteiger partial charge in [0.2, 0.25) is 5.88 Å². The number of ether oxygens (including phenoxy) is 2. The topological polar surface area (TPSA) is 122 Å². The van der Waals surface area contributed by atoms with Crippen LogP contribution in [0.5, 0.6) is 5.88 Å². The van der Waals surface area contributed by atoms with Crippen molar-refractivity contribution in [1.29, 1.82) is 0 Å². The van der Waals surface area contributed by atoms with E-state index < -0.39 is 41.4 Å². The molecular weight excluding hydrogens is 411 g/mol.